The van der Waals surface area contributed by atoms with E-state index in [9.17, 15) is 13.2 Å². The first-order valence-corrected chi connectivity index (χ1v) is 11.2. The van der Waals surface area contributed by atoms with Gasteiger partial charge in [-0.15, -0.1) is 11.3 Å². The lowest BCUT2D eigenvalue weighted by Crippen LogP contribution is -2.38. The first kappa shape index (κ1) is 20.9. The van der Waals surface area contributed by atoms with E-state index in [0.29, 0.717) is 17.1 Å². The number of nitrogens with zero attached hydrogens (tertiary/aromatic N) is 1. The summed E-state index contributed by atoms with van der Waals surface area (Å²) in [4.78, 5) is 12.8. The summed E-state index contributed by atoms with van der Waals surface area (Å²) in [6.45, 7) is 3.48. The van der Waals surface area contributed by atoms with Crippen LogP contribution in [0.1, 0.15) is 11.1 Å². The molecule has 0 saturated carbocycles. The molecule has 0 aliphatic rings. The number of hydrogen-bond donors (Lipinski definition) is 1. The van der Waals surface area contributed by atoms with Crippen LogP contribution in [0, 0.1) is 13.8 Å². The predicted octanol–water partition coefficient (Wildman–Crippen LogP) is 4.21. The van der Waals surface area contributed by atoms with E-state index in [4.69, 9.17) is 4.74 Å². The number of carbonyl (C=O) groups is 1. The zero-order valence-electron chi connectivity index (χ0n) is 16.4. The fourth-order valence-corrected chi connectivity index (χ4v) is 5.46. The van der Waals surface area contributed by atoms with Gasteiger partial charge in [-0.2, -0.15) is 0 Å². The van der Waals surface area contributed by atoms with Crippen molar-refractivity contribution < 1.29 is 17.9 Å². The molecule has 3 rings (SSSR count). The number of aryl methyl sites for hydroxylation is 2. The second kappa shape index (κ2) is 8.67. The summed E-state index contributed by atoms with van der Waals surface area (Å²) in [5.74, 6) is -0.0741. The molecule has 29 heavy (non-hydrogen) atoms. The number of anilines is 2. The van der Waals surface area contributed by atoms with E-state index in [-0.39, 0.29) is 10.8 Å². The maximum Gasteiger partial charge on any atom is 0.274 e. The molecule has 1 heterocycles. The molecule has 3 aromatic rings. The number of hydrogen-bond acceptors (Lipinski definition) is 5. The smallest absolute Gasteiger partial charge is 0.274 e. The zero-order chi connectivity index (χ0) is 21.0. The molecular weight excluding hydrogens is 408 g/mol. The van der Waals surface area contributed by atoms with Crippen molar-refractivity contribution in [1.82, 2.24) is 0 Å². The van der Waals surface area contributed by atoms with Crippen molar-refractivity contribution in [2.24, 2.45) is 0 Å². The Labute approximate surface area is 174 Å². The van der Waals surface area contributed by atoms with Gasteiger partial charge in [0.05, 0.1) is 12.8 Å². The molecule has 0 unspecified atom stereocenters. The maximum atomic E-state index is 13.3. The minimum absolute atomic E-state index is 0.155. The largest absolute Gasteiger partial charge is 0.495 e. The van der Waals surface area contributed by atoms with Crippen molar-refractivity contribution in [1.29, 1.82) is 0 Å². The molecule has 1 aromatic heterocycles. The van der Waals surface area contributed by atoms with Crippen molar-refractivity contribution in [2.75, 3.05) is 23.3 Å². The molecule has 0 saturated heterocycles. The first-order chi connectivity index (χ1) is 13.8. The number of para-hydroxylation sites is 2. The normalized spacial score (nSPS) is 11.1. The maximum absolute atomic E-state index is 13.3. The van der Waals surface area contributed by atoms with Gasteiger partial charge in [-0.3, -0.25) is 9.10 Å². The van der Waals surface area contributed by atoms with Gasteiger partial charge < -0.3 is 10.1 Å². The third-order valence-corrected chi connectivity index (χ3v) is 7.47. The van der Waals surface area contributed by atoms with Crippen LogP contribution in [0.4, 0.5) is 11.4 Å². The number of amides is 1. The fourth-order valence-electron chi connectivity index (χ4n) is 2.93. The summed E-state index contributed by atoms with van der Waals surface area (Å²) in [6, 6.07) is 15.6. The quantitative estimate of drug-likeness (QED) is 0.609. The van der Waals surface area contributed by atoms with Gasteiger partial charge in [0.2, 0.25) is 5.91 Å². The Morgan fingerprint density at radius 1 is 1.10 bits per heavy atom. The number of carbonyl (C=O) groups excluding carboxylic acids is 1. The van der Waals surface area contributed by atoms with Gasteiger partial charge in [0.1, 0.15) is 16.5 Å². The fraction of sp³-hybridized carbons (Fsp3) is 0.190. The van der Waals surface area contributed by atoms with Crippen LogP contribution in [-0.4, -0.2) is 28.0 Å². The average molecular weight is 431 g/mol. The van der Waals surface area contributed by atoms with Gasteiger partial charge in [0, 0.05) is 5.69 Å². The van der Waals surface area contributed by atoms with Crippen LogP contribution >= 0.6 is 11.3 Å². The van der Waals surface area contributed by atoms with E-state index in [2.05, 4.69) is 5.32 Å². The zero-order valence-corrected chi connectivity index (χ0v) is 18.0. The lowest BCUT2D eigenvalue weighted by atomic mass is 10.1. The van der Waals surface area contributed by atoms with Crippen LogP contribution in [-0.2, 0) is 14.8 Å². The van der Waals surface area contributed by atoms with E-state index in [1.54, 1.807) is 35.7 Å². The standard InChI is InChI=1S/C21H22N2O4S2/c1-15-10-11-17(16(2)13-15)22-20(24)14-23(18-7-4-5-8-19(18)27-3)29(25,26)21-9-6-12-28-21/h4-13H,14H2,1-3H3,(H,22,24). The number of nitrogens with one attached hydrogen (secondary N) is 1. The van der Waals surface area contributed by atoms with Gasteiger partial charge in [0.25, 0.3) is 10.0 Å². The lowest BCUT2D eigenvalue weighted by molar-refractivity contribution is -0.114. The number of ether oxygens (including phenoxy) is 1. The molecular formula is C21H22N2O4S2. The van der Waals surface area contributed by atoms with Gasteiger partial charge in [-0.25, -0.2) is 8.42 Å². The van der Waals surface area contributed by atoms with Crippen molar-refractivity contribution in [2.45, 2.75) is 18.1 Å². The van der Waals surface area contributed by atoms with Crippen molar-refractivity contribution in [3.8, 4) is 5.75 Å². The number of sulfonamides is 1. The average Bonchev–Trinajstić information content (AvgIpc) is 3.24. The second-order valence-electron chi connectivity index (χ2n) is 6.48. The highest BCUT2D eigenvalue weighted by molar-refractivity contribution is 7.94. The predicted molar refractivity (Wildman–Crippen MR) is 116 cm³/mol. The summed E-state index contributed by atoms with van der Waals surface area (Å²) < 4.78 is 33.1. The molecule has 0 aliphatic carbocycles. The van der Waals surface area contributed by atoms with Gasteiger partial charge >= 0.3 is 0 Å². The highest BCUT2D eigenvalue weighted by Crippen LogP contribution is 2.33. The van der Waals surface area contributed by atoms with Crippen LogP contribution in [0.2, 0.25) is 0 Å². The Balaban J connectivity index is 1.96. The molecule has 8 heteroatoms. The minimum atomic E-state index is -3.94. The van der Waals surface area contributed by atoms with E-state index >= 15 is 0 Å². The highest BCUT2D eigenvalue weighted by Gasteiger charge is 2.30. The van der Waals surface area contributed by atoms with Crippen molar-refractivity contribution in [3.05, 3.63) is 71.1 Å². The van der Waals surface area contributed by atoms with Crippen LogP contribution in [0.15, 0.2) is 64.2 Å². The second-order valence-corrected chi connectivity index (χ2v) is 9.52. The van der Waals surface area contributed by atoms with Crippen molar-refractivity contribution in [3.63, 3.8) is 0 Å². The van der Waals surface area contributed by atoms with E-state index in [1.807, 2.05) is 32.0 Å². The molecule has 6 nitrogen and oxygen atoms in total. The van der Waals surface area contributed by atoms with Gasteiger partial charge in [-0.1, -0.05) is 35.9 Å². The summed E-state index contributed by atoms with van der Waals surface area (Å²) in [7, 11) is -2.47. The summed E-state index contributed by atoms with van der Waals surface area (Å²) in [6.07, 6.45) is 0. The third kappa shape index (κ3) is 4.60. The highest BCUT2D eigenvalue weighted by atomic mass is 32.2. The summed E-state index contributed by atoms with van der Waals surface area (Å²) in [5, 5.41) is 4.49. The molecule has 0 atom stereocenters. The van der Waals surface area contributed by atoms with Gasteiger partial charge in [0.15, 0.2) is 0 Å². The number of benzene rings is 2. The molecule has 0 aliphatic heterocycles. The molecule has 1 N–H and O–H groups in total. The Bertz CT molecular complexity index is 1110. The number of thiophene rings is 1. The van der Waals surface area contributed by atoms with Crippen molar-refractivity contribution >= 4 is 38.6 Å². The van der Waals surface area contributed by atoms with E-state index in [0.717, 1.165) is 26.8 Å². The monoisotopic (exact) mass is 430 g/mol. The molecule has 0 fully saturated rings. The molecule has 0 bridgehead atoms. The Hall–Kier alpha value is -2.84. The van der Waals surface area contributed by atoms with Crippen LogP contribution in [0.5, 0.6) is 5.75 Å². The van der Waals surface area contributed by atoms with Crippen LogP contribution in [0.25, 0.3) is 0 Å². The Kier molecular flexibility index (Phi) is 6.24. The molecule has 0 radical (unpaired) electrons. The molecule has 1 amide bonds. The third-order valence-electron chi connectivity index (χ3n) is 4.34. The SMILES string of the molecule is COc1ccccc1N(CC(=O)Nc1ccc(C)cc1C)S(=O)(=O)c1cccs1. The summed E-state index contributed by atoms with van der Waals surface area (Å²) >= 11 is 1.10. The topological polar surface area (TPSA) is 75.7 Å². The molecule has 0 spiro atoms. The lowest BCUT2D eigenvalue weighted by Gasteiger charge is -2.25. The van der Waals surface area contributed by atoms with Crippen LogP contribution in [0.3, 0.4) is 0 Å². The number of methoxy groups -OCH3 is 1. The number of rotatable bonds is 7. The molecule has 2 aromatic carbocycles. The first-order valence-electron chi connectivity index (χ1n) is 8.89. The van der Waals surface area contributed by atoms with E-state index < -0.39 is 15.9 Å². The molecule has 152 valence electrons. The minimum Gasteiger partial charge on any atom is -0.495 e. The van der Waals surface area contributed by atoms with Crippen LogP contribution < -0.4 is 14.4 Å². The Morgan fingerprint density at radius 2 is 1.86 bits per heavy atom. The van der Waals surface area contributed by atoms with Gasteiger partial charge in [-0.05, 0) is 49.1 Å². The summed E-state index contributed by atoms with van der Waals surface area (Å²) in [5.41, 5.74) is 2.94. The van der Waals surface area contributed by atoms with E-state index in [1.165, 1.54) is 13.2 Å². The Morgan fingerprint density at radius 3 is 2.52 bits per heavy atom.